The van der Waals surface area contributed by atoms with Gasteiger partial charge in [-0.2, -0.15) is 0 Å². The van der Waals surface area contributed by atoms with Gasteiger partial charge in [-0.05, 0) is 94.5 Å². The fraction of sp³-hybridized carbons (Fsp3) is 0.0952. The van der Waals surface area contributed by atoms with Gasteiger partial charge in [0.15, 0.2) is 0 Å². The third kappa shape index (κ3) is 4.27. The average molecular weight is 677 g/mol. The summed E-state index contributed by atoms with van der Waals surface area (Å²) in [5, 5.41) is 65.5. The van der Waals surface area contributed by atoms with E-state index in [-0.39, 0.29) is 34.5 Å². The van der Waals surface area contributed by atoms with Gasteiger partial charge in [-0.3, -0.25) is 0 Å². The first kappa shape index (κ1) is 29.2. The van der Waals surface area contributed by atoms with Crippen LogP contribution in [-0.2, 0) is 0 Å². The fourth-order valence-electron chi connectivity index (χ4n) is 8.36. The number of rotatable bonds is 3. The maximum absolute atomic E-state index is 11.3. The molecule has 7 aromatic rings. The Balaban J connectivity index is 1.39. The summed E-state index contributed by atoms with van der Waals surface area (Å²) < 4.78 is 20.1. The molecule has 10 rings (SSSR count). The van der Waals surface area contributed by atoms with E-state index in [2.05, 4.69) is 0 Å². The van der Waals surface area contributed by atoms with Crippen LogP contribution in [0.5, 0.6) is 46.0 Å². The average Bonchev–Trinajstić information content (AvgIpc) is 3.80. The molecular formula is C42H28O9. The lowest BCUT2D eigenvalue weighted by Gasteiger charge is -2.25. The second kappa shape index (κ2) is 10.4. The van der Waals surface area contributed by atoms with E-state index in [4.69, 9.17) is 13.9 Å². The van der Waals surface area contributed by atoms with E-state index in [9.17, 15) is 30.6 Å². The molecule has 1 aliphatic carbocycles. The van der Waals surface area contributed by atoms with Crippen LogP contribution in [0.15, 0.2) is 114 Å². The number of hydrogen-bond acceptors (Lipinski definition) is 9. The van der Waals surface area contributed by atoms with E-state index >= 15 is 0 Å². The highest BCUT2D eigenvalue weighted by atomic mass is 16.5. The molecule has 4 atom stereocenters. The van der Waals surface area contributed by atoms with Crippen LogP contribution in [0.25, 0.3) is 33.4 Å². The topological polar surface area (TPSA) is 153 Å². The van der Waals surface area contributed by atoms with E-state index in [0.29, 0.717) is 61.6 Å². The molecular weight excluding hydrogens is 648 g/mol. The zero-order valence-electron chi connectivity index (χ0n) is 26.6. The van der Waals surface area contributed by atoms with E-state index in [1.54, 1.807) is 103 Å². The highest BCUT2D eigenvalue weighted by Crippen LogP contribution is 2.64. The molecule has 2 aliphatic heterocycles. The van der Waals surface area contributed by atoms with Gasteiger partial charge in [0.2, 0.25) is 0 Å². The molecule has 0 spiro atoms. The van der Waals surface area contributed by atoms with Gasteiger partial charge in [0, 0.05) is 45.8 Å². The smallest absolute Gasteiger partial charge is 0.143 e. The monoisotopic (exact) mass is 676 g/mol. The third-order valence-corrected chi connectivity index (χ3v) is 10.3. The number of hydrogen-bond donors (Lipinski definition) is 6. The molecule has 6 aromatic carbocycles. The van der Waals surface area contributed by atoms with Gasteiger partial charge in [-0.15, -0.1) is 0 Å². The number of benzene rings is 6. The van der Waals surface area contributed by atoms with Crippen molar-refractivity contribution < 1.29 is 44.5 Å². The van der Waals surface area contributed by atoms with Gasteiger partial charge >= 0.3 is 0 Å². The van der Waals surface area contributed by atoms with Crippen LogP contribution in [-0.4, -0.2) is 30.6 Å². The zero-order valence-corrected chi connectivity index (χ0v) is 26.6. The summed E-state index contributed by atoms with van der Waals surface area (Å²) in [5.74, 6) is 0.267. The normalized spacial score (nSPS) is 19.4. The van der Waals surface area contributed by atoms with Crippen molar-refractivity contribution in [3.63, 3.8) is 0 Å². The Hall–Kier alpha value is -6.74. The van der Waals surface area contributed by atoms with Gasteiger partial charge in [-0.25, -0.2) is 0 Å². The first-order valence-electron chi connectivity index (χ1n) is 16.5. The number of phenols is 6. The lowest BCUT2D eigenvalue weighted by molar-refractivity contribution is 0.220. The van der Waals surface area contributed by atoms with Crippen LogP contribution in [0.1, 0.15) is 57.4 Å². The number of phenolic OH excluding ortho intramolecular Hbond substituents is 6. The first-order valence-corrected chi connectivity index (χ1v) is 16.5. The number of furan rings is 1. The molecule has 9 heteroatoms. The molecule has 0 radical (unpaired) electrons. The van der Waals surface area contributed by atoms with Crippen LogP contribution < -0.4 is 9.47 Å². The zero-order chi connectivity index (χ0) is 34.7. The molecule has 1 aromatic heterocycles. The van der Waals surface area contributed by atoms with E-state index < -0.39 is 24.0 Å². The predicted octanol–water partition coefficient (Wildman–Crippen LogP) is 8.85. The van der Waals surface area contributed by atoms with Crippen molar-refractivity contribution in [3.05, 3.63) is 143 Å². The Morgan fingerprint density at radius 3 is 1.80 bits per heavy atom. The van der Waals surface area contributed by atoms with Crippen LogP contribution in [0, 0.1) is 0 Å². The number of ether oxygens (including phenoxy) is 2. The molecule has 0 fully saturated rings. The number of fused-ring (bicyclic) bond motifs is 3. The summed E-state index contributed by atoms with van der Waals surface area (Å²) in [6, 6.07) is 30.0. The Labute approximate surface area is 290 Å². The predicted molar refractivity (Wildman–Crippen MR) is 187 cm³/mol. The quantitative estimate of drug-likeness (QED) is 0.108. The molecule has 250 valence electrons. The van der Waals surface area contributed by atoms with Crippen LogP contribution in [0.4, 0.5) is 0 Å². The SMILES string of the molecule is Oc1ccc(-c2oc3cc(O)cc4c3c2-c2cc(O)cc3c2[C@@H](c2cc(O)cc5c2[C@H]4[C@@H](c2cccc(O)c2)O5)[C@H](c2ccc(O)cc2)O3)cc1. The molecule has 3 heterocycles. The Kier molecular flexibility index (Phi) is 5.94. The minimum absolute atomic E-state index is 0.0238. The lowest BCUT2D eigenvalue weighted by atomic mass is 9.76. The van der Waals surface area contributed by atoms with Crippen molar-refractivity contribution in [2.45, 2.75) is 24.0 Å². The molecule has 0 unspecified atom stereocenters. The van der Waals surface area contributed by atoms with Crippen molar-refractivity contribution in [3.8, 4) is 68.4 Å². The van der Waals surface area contributed by atoms with Gasteiger partial charge in [0.1, 0.15) is 69.5 Å². The third-order valence-electron chi connectivity index (χ3n) is 10.3. The molecule has 0 amide bonds. The minimum atomic E-state index is -0.707. The van der Waals surface area contributed by atoms with Crippen molar-refractivity contribution in [1.82, 2.24) is 0 Å². The van der Waals surface area contributed by atoms with E-state index in [1.807, 2.05) is 6.07 Å². The summed E-state index contributed by atoms with van der Waals surface area (Å²) in [6.07, 6.45) is -1.37. The van der Waals surface area contributed by atoms with Crippen LogP contribution >= 0.6 is 0 Å². The molecule has 6 N–H and O–H groups in total. The summed E-state index contributed by atoms with van der Waals surface area (Å²) in [7, 11) is 0. The summed E-state index contributed by atoms with van der Waals surface area (Å²) >= 11 is 0. The van der Waals surface area contributed by atoms with Gasteiger partial charge < -0.3 is 44.5 Å². The molecule has 51 heavy (non-hydrogen) atoms. The minimum Gasteiger partial charge on any atom is -0.508 e. The summed E-state index contributed by atoms with van der Waals surface area (Å²) in [4.78, 5) is 0. The molecule has 0 bridgehead atoms. The second-order valence-electron chi connectivity index (χ2n) is 13.3. The lowest BCUT2D eigenvalue weighted by Crippen LogP contribution is -2.16. The molecule has 3 aliphatic rings. The van der Waals surface area contributed by atoms with E-state index in [1.165, 1.54) is 0 Å². The van der Waals surface area contributed by atoms with Crippen molar-refractivity contribution in [2.24, 2.45) is 0 Å². The highest BCUT2D eigenvalue weighted by molar-refractivity contribution is 6.06. The molecule has 0 saturated carbocycles. The maximum Gasteiger partial charge on any atom is 0.143 e. The molecule has 9 nitrogen and oxygen atoms in total. The van der Waals surface area contributed by atoms with Crippen molar-refractivity contribution in [1.29, 1.82) is 0 Å². The fourth-order valence-corrected chi connectivity index (χ4v) is 8.36. The summed E-state index contributed by atoms with van der Waals surface area (Å²) in [6.45, 7) is 0. The van der Waals surface area contributed by atoms with Crippen LogP contribution in [0.2, 0.25) is 0 Å². The summed E-state index contributed by atoms with van der Waals surface area (Å²) in [5.41, 5.74) is 6.61. The van der Waals surface area contributed by atoms with Gasteiger partial charge in [0.25, 0.3) is 0 Å². The van der Waals surface area contributed by atoms with Gasteiger partial charge in [-0.1, -0.05) is 24.3 Å². The maximum atomic E-state index is 11.3. The molecule has 0 saturated heterocycles. The van der Waals surface area contributed by atoms with Crippen molar-refractivity contribution >= 4 is 11.0 Å². The van der Waals surface area contributed by atoms with Crippen molar-refractivity contribution in [2.75, 3.05) is 0 Å². The standard InChI is InChI=1S/C42H28O9/c43-22-8-4-19(5-9-22)40-37-28-13-25(46)16-31-34(28)38(41(49-31)20-6-10-23(44)11-7-20)29-14-26(47)18-33-36(29)39(30-15-27(48)17-32(50-40)35(30)37)42(51-33)21-2-1-3-24(45)12-21/h1-18,38-39,41-48H/t38-,39+,41+,42-/m1/s1. The van der Waals surface area contributed by atoms with Gasteiger partial charge in [0.05, 0.1) is 11.8 Å². The van der Waals surface area contributed by atoms with Crippen LogP contribution in [0.3, 0.4) is 0 Å². The Morgan fingerprint density at radius 2 is 1.08 bits per heavy atom. The largest absolute Gasteiger partial charge is 0.508 e. The Morgan fingerprint density at radius 1 is 0.471 bits per heavy atom. The Bertz CT molecular complexity index is 2570. The van der Waals surface area contributed by atoms with E-state index in [0.717, 1.165) is 16.7 Å². The second-order valence-corrected chi connectivity index (χ2v) is 13.3. The first-order chi connectivity index (χ1) is 24.7. The highest BCUT2D eigenvalue weighted by Gasteiger charge is 2.48. The number of aromatic hydroxyl groups is 6.